The lowest BCUT2D eigenvalue weighted by molar-refractivity contribution is -0.120. The number of rotatable bonds is 3. The van der Waals surface area contributed by atoms with E-state index in [0.29, 0.717) is 10.0 Å². The van der Waals surface area contributed by atoms with Gasteiger partial charge in [-0.05, 0) is 23.1 Å². The SMILES string of the molecule is CC(=O)NC[C@H]1O[C@H](C(C)(C)C)CN(C(=O)O)C[C@@H]1c1ccc(Cl)c(Cl)c1. The van der Waals surface area contributed by atoms with Crippen LogP contribution < -0.4 is 5.32 Å². The first-order valence-electron chi connectivity index (χ1n) is 8.81. The molecule has 1 saturated heterocycles. The van der Waals surface area contributed by atoms with E-state index in [1.807, 2.05) is 26.8 Å². The van der Waals surface area contributed by atoms with Gasteiger partial charge in [0.15, 0.2) is 0 Å². The van der Waals surface area contributed by atoms with Gasteiger partial charge in [0.05, 0.1) is 28.8 Å². The van der Waals surface area contributed by atoms with Gasteiger partial charge in [-0.3, -0.25) is 4.79 Å². The van der Waals surface area contributed by atoms with Crippen LogP contribution >= 0.6 is 23.2 Å². The minimum absolute atomic E-state index is 0.168. The van der Waals surface area contributed by atoms with Crippen molar-refractivity contribution in [2.75, 3.05) is 19.6 Å². The van der Waals surface area contributed by atoms with Crippen LogP contribution in [0.3, 0.4) is 0 Å². The monoisotopic (exact) mass is 416 g/mol. The predicted octanol–water partition coefficient (Wildman–Crippen LogP) is 4.01. The molecule has 1 aliphatic heterocycles. The number of carboxylic acid groups (broad SMARTS) is 1. The van der Waals surface area contributed by atoms with Gasteiger partial charge in [0, 0.05) is 25.9 Å². The lowest BCUT2D eigenvalue weighted by atomic mass is 9.88. The summed E-state index contributed by atoms with van der Waals surface area (Å²) < 4.78 is 6.35. The topological polar surface area (TPSA) is 78.9 Å². The number of hydrogen-bond acceptors (Lipinski definition) is 3. The van der Waals surface area contributed by atoms with E-state index in [4.69, 9.17) is 27.9 Å². The summed E-state index contributed by atoms with van der Waals surface area (Å²) in [6.07, 6.45) is -1.72. The second-order valence-corrected chi connectivity index (χ2v) is 8.75. The van der Waals surface area contributed by atoms with Crippen LogP contribution in [-0.2, 0) is 9.53 Å². The largest absolute Gasteiger partial charge is 0.465 e. The summed E-state index contributed by atoms with van der Waals surface area (Å²) in [4.78, 5) is 24.6. The summed E-state index contributed by atoms with van der Waals surface area (Å²) in [6.45, 7) is 8.24. The van der Waals surface area contributed by atoms with Crippen LogP contribution in [-0.4, -0.2) is 53.8 Å². The summed E-state index contributed by atoms with van der Waals surface area (Å²) in [5.41, 5.74) is 0.551. The highest BCUT2D eigenvalue weighted by Gasteiger charge is 2.39. The molecule has 1 aromatic carbocycles. The van der Waals surface area contributed by atoms with E-state index in [0.717, 1.165) is 5.56 Å². The zero-order valence-corrected chi connectivity index (χ0v) is 17.5. The molecule has 0 aliphatic carbocycles. The molecule has 8 heteroatoms. The summed E-state index contributed by atoms with van der Waals surface area (Å²) in [5.74, 6) is -0.465. The molecule has 0 saturated carbocycles. The molecule has 2 amide bonds. The van der Waals surface area contributed by atoms with Crippen molar-refractivity contribution in [1.82, 2.24) is 10.2 Å². The lowest BCUT2D eigenvalue weighted by Crippen LogP contribution is -2.43. The van der Waals surface area contributed by atoms with Gasteiger partial charge < -0.3 is 20.1 Å². The molecule has 3 atom stereocenters. The van der Waals surface area contributed by atoms with Gasteiger partial charge in [0.2, 0.25) is 5.91 Å². The Morgan fingerprint density at radius 3 is 2.44 bits per heavy atom. The molecule has 0 aromatic heterocycles. The predicted molar refractivity (Wildman–Crippen MR) is 106 cm³/mol. The van der Waals surface area contributed by atoms with Crippen LogP contribution in [0.15, 0.2) is 18.2 Å². The van der Waals surface area contributed by atoms with Crippen molar-refractivity contribution >= 4 is 35.2 Å². The van der Waals surface area contributed by atoms with Crippen molar-refractivity contribution in [3.63, 3.8) is 0 Å². The third-order valence-electron chi connectivity index (χ3n) is 4.75. The number of benzene rings is 1. The molecule has 0 bridgehead atoms. The lowest BCUT2D eigenvalue weighted by Gasteiger charge is -2.34. The summed E-state index contributed by atoms with van der Waals surface area (Å²) in [6, 6.07) is 5.24. The van der Waals surface area contributed by atoms with Crippen molar-refractivity contribution in [2.24, 2.45) is 5.41 Å². The minimum atomic E-state index is -1.00. The van der Waals surface area contributed by atoms with Crippen LogP contribution in [0, 0.1) is 5.41 Å². The average molecular weight is 417 g/mol. The van der Waals surface area contributed by atoms with E-state index in [9.17, 15) is 14.7 Å². The Labute approximate surface area is 169 Å². The number of carbonyl (C=O) groups excluding carboxylic acids is 1. The smallest absolute Gasteiger partial charge is 0.407 e. The molecule has 2 rings (SSSR count). The number of amides is 2. The summed E-state index contributed by atoms with van der Waals surface area (Å²) >= 11 is 12.2. The fourth-order valence-electron chi connectivity index (χ4n) is 3.11. The van der Waals surface area contributed by atoms with E-state index < -0.39 is 12.2 Å². The van der Waals surface area contributed by atoms with Gasteiger partial charge >= 0.3 is 6.09 Å². The first-order chi connectivity index (χ1) is 12.5. The molecule has 1 heterocycles. The van der Waals surface area contributed by atoms with Crippen LogP contribution in [0.1, 0.15) is 39.2 Å². The summed E-state index contributed by atoms with van der Waals surface area (Å²) in [7, 11) is 0. The molecule has 0 radical (unpaired) electrons. The molecule has 1 aliphatic rings. The molecule has 0 unspecified atom stereocenters. The van der Waals surface area contributed by atoms with Gasteiger partial charge in [-0.25, -0.2) is 4.79 Å². The van der Waals surface area contributed by atoms with E-state index in [2.05, 4.69) is 5.32 Å². The van der Waals surface area contributed by atoms with Crippen molar-refractivity contribution in [1.29, 1.82) is 0 Å². The van der Waals surface area contributed by atoms with E-state index in [-0.39, 0.29) is 43.0 Å². The first-order valence-corrected chi connectivity index (χ1v) is 9.57. The standard InChI is InChI=1S/C19H26Cl2N2O4/c1-11(24)22-8-16-13(12-5-6-14(20)15(21)7-12)9-23(18(25)26)10-17(27-16)19(2,3)4/h5-7,13,16-17H,8-10H2,1-4H3,(H,22,24)(H,25,26)/t13-,16-,17+/m1/s1. The third-order valence-corrected chi connectivity index (χ3v) is 5.49. The van der Waals surface area contributed by atoms with Gasteiger partial charge in [0.25, 0.3) is 0 Å². The zero-order chi connectivity index (χ0) is 20.4. The number of hydrogen-bond donors (Lipinski definition) is 2. The Balaban J connectivity index is 2.44. The van der Waals surface area contributed by atoms with Gasteiger partial charge in [-0.1, -0.05) is 50.0 Å². The van der Waals surface area contributed by atoms with Crippen molar-refractivity contribution in [3.05, 3.63) is 33.8 Å². The second kappa shape index (κ2) is 8.67. The van der Waals surface area contributed by atoms with Crippen molar-refractivity contribution in [3.8, 4) is 0 Å². The highest BCUT2D eigenvalue weighted by atomic mass is 35.5. The van der Waals surface area contributed by atoms with Gasteiger partial charge in [-0.2, -0.15) is 0 Å². The highest BCUT2D eigenvalue weighted by Crippen LogP contribution is 2.35. The minimum Gasteiger partial charge on any atom is -0.465 e. The average Bonchev–Trinajstić information content (AvgIpc) is 2.75. The van der Waals surface area contributed by atoms with E-state index in [1.165, 1.54) is 11.8 Å². The molecule has 150 valence electrons. The molecule has 0 spiro atoms. The van der Waals surface area contributed by atoms with E-state index in [1.54, 1.807) is 12.1 Å². The molecule has 2 N–H and O–H groups in total. The maximum Gasteiger partial charge on any atom is 0.407 e. The molecule has 27 heavy (non-hydrogen) atoms. The molecule has 6 nitrogen and oxygen atoms in total. The normalized spacial score (nSPS) is 23.6. The van der Waals surface area contributed by atoms with E-state index >= 15 is 0 Å². The zero-order valence-electron chi connectivity index (χ0n) is 16.0. The quantitative estimate of drug-likeness (QED) is 0.779. The Kier molecular flexibility index (Phi) is 7.00. The number of ether oxygens (including phenoxy) is 1. The fourth-order valence-corrected chi connectivity index (χ4v) is 3.42. The fraction of sp³-hybridized carbons (Fsp3) is 0.579. The van der Waals surface area contributed by atoms with Crippen LogP contribution in [0.5, 0.6) is 0 Å². The number of carbonyl (C=O) groups is 2. The van der Waals surface area contributed by atoms with Gasteiger partial charge in [-0.15, -0.1) is 0 Å². The maximum absolute atomic E-state index is 11.8. The maximum atomic E-state index is 11.8. The van der Waals surface area contributed by atoms with Crippen LogP contribution in [0.25, 0.3) is 0 Å². The highest BCUT2D eigenvalue weighted by molar-refractivity contribution is 6.42. The van der Waals surface area contributed by atoms with Crippen LogP contribution in [0.2, 0.25) is 10.0 Å². The Bertz CT molecular complexity index is 705. The van der Waals surface area contributed by atoms with Crippen molar-refractivity contribution in [2.45, 2.75) is 45.8 Å². The van der Waals surface area contributed by atoms with Crippen molar-refractivity contribution < 1.29 is 19.4 Å². The Morgan fingerprint density at radius 1 is 1.26 bits per heavy atom. The molecular formula is C19H26Cl2N2O4. The number of nitrogens with zero attached hydrogens (tertiary/aromatic N) is 1. The second-order valence-electron chi connectivity index (χ2n) is 7.93. The Morgan fingerprint density at radius 2 is 1.93 bits per heavy atom. The molecule has 1 fully saturated rings. The molecule has 1 aromatic rings. The van der Waals surface area contributed by atoms with Gasteiger partial charge in [0.1, 0.15) is 0 Å². The number of halogens is 2. The third kappa shape index (κ3) is 5.74. The van der Waals surface area contributed by atoms with Crippen LogP contribution in [0.4, 0.5) is 4.79 Å². The summed E-state index contributed by atoms with van der Waals surface area (Å²) in [5, 5.41) is 13.3. The first kappa shape index (κ1) is 21.8. The molecular weight excluding hydrogens is 391 g/mol. The number of nitrogens with one attached hydrogen (secondary N) is 1. The Hall–Kier alpha value is -1.50.